The molecular weight excluding hydrogens is 284 g/mol. The Balaban J connectivity index is 1.90. The van der Waals surface area contributed by atoms with Crippen LogP contribution in [0.4, 0.5) is 5.69 Å². The van der Waals surface area contributed by atoms with E-state index in [1.807, 2.05) is 20.8 Å². The van der Waals surface area contributed by atoms with Gasteiger partial charge in [0.2, 0.25) is 5.91 Å². The summed E-state index contributed by atoms with van der Waals surface area (Å²) >= 11 is 1.77. The highest BCUT2D eigenvalue weighted by Gasteiger charge is 2.13. The first-order valence-electron chi connectivity index (χ1n) is 7.01. The zero-order chi connectivity index (χ0) is 15.6. The van der Waals surface area contributed by atoms with E-state index < -0.39 is 0 Å². The molecule has 21 heavy (non-hydrogen) atoms. The van der Waals surface area contributed by atoms with E-state index >= 15 is 0 Å². The van der Waals surface area contributed by atoms with Crippen molar-refractivity contribution in [2.75, 3.05) is 5.73 Å². The number of amides is 1. The van der Waals surface area contributed by atoms with Crippen LogP contribution in [0.3, 0.4) is 0 Å². The first-order chi connectivity index (χ1) is 9.86. The van der Waals surface area contributed by atoms with E-state index in [4.69, 9.17) is 5.73 Å². The van der Waals surface area contributed by atoms with Gasteiger partial charge in [-0.1, -0.05) is 0 Å². The summed E-state index contributed by atoms with van der Waals surface area (Å²) in [4.78, 5) is 14.7. The fourth-order valence-electron chi connectivity index (χ4n) is 2.27. The Morgan fingerprint density at radius 2 is 2.14 bits per heavy atom. The van der Waals surface area contributed by atoms with Crippen molar-refractivity contribution in [3.8, 4) is 0 Å². The van der Waals surface area contributed by atoms with E-state index in [-0.39, 0.29) is 18.5 Å². The second kappa shape index (κ2) is 6.30. The van der Waals surface area contributed by atoms with Crippen molar-refractivity contribution in [3.63, 3.8) is 0 Å². The predicted octanol–water partition coefficient (Wildman–Crippen LogP) is 2.20. The van der Waals surface area contributed by atoms with Gasteiger partial charge in [0, 0.05) is 22.2 Å². The molecule has 2 heterocycles. The van der Waals surface area contributed by atoms with Gasteiger partial charge in [-0.05, 0) is 39.8 Å². The fraction of sp³-hybridized carbons (Fsp3) is 0.467. The number of nitrogens with zero attached hydrogens (tertiary/aromatic N) is 2. The third-order valence-corrected chi connectivity index (χ3v) is 4.46. The van der Waals surface area contributed by atoms with E-state index in [1.165, 1.54) is 9.75 Å². The molecule has 0 saturated carbocycles. The summed E-state index contributed by atoms with van der Waals surface area (Å²) in [6, 6.07) is 4.32. The molecule has 0 aliphatic carbocycles. The third kappa shape index (κ3) is 3.85. The van der Waals surface area contributed by atoms with Crippen LogP contribution in [-0.2, 0) is 17.8 Å². The number of carbonyl (C=O) groups is 1. The number of rotatable bonds is 5. The van der Waals surface area contributed by atoms with Crippen molar-refractivity contribution in [1.29, 1.82) is 0 Å². The van der Waals surface area contributed by atoms with Crippen LogP contribution in [0.5, 0.6) is 0 Å². The van der Waals surface area contributed by atoms with Crippen LogP contribution in [0.25, 0.3) is 0 Å². The number of hydrogen-bond acceptors (Lipinski definition) is 4. The van der Waals surface area contributed by atoms with Crippen molar-refractivity contribution in [3.05, 3.63) is 33.3 Å². The van der Waals surface area contributed by atoms with Gasteiger partial charge in [0.25, 0.3) is 0 Å². The van der Waals surface area contributed by atoms with E-state index in [2.05, 4.69) is 29.5 Å². The minimum Gasteiger partial charge on any atom is -0.396 e. The van der Waals surface area contributed by atoms with Gasteiger partial charge >= 0.3 is 0 Å². The number of thiophene rings is 1. The second-order valence-electron chi connectivity index (χ2n) is 5.43. The largest absolute Gasteiger partial charge is 0.396 e. The van der Waals surface area contributed by atoms with Gasteiger partial charge in [-0.15, -0.1) is 11.3 Å². The van der Waals surface area contributed by atoms with E-state index in [1.54, 1.807) is 16.0 Å². The molecule has 0 spiro atoms. The summed E-state index contributed by atoms with van der Waals surface area (Å²) in [6.07, 6.45) is 0.851. The third-order valence-electron chi connectivity index (χ3n) is 3.44. The monoisotopic (exact) mass is 306 g/mol. The number of hydrogen-bond donors (Lipinski definition) is 2. The van der Waals surface area contributed by atoms with Crippen molar-refractivity contribution < 1.29 is 4.79 Å². The van der Waals surface area contributed by atoms with Crippen LogP contribution in [0.2, 0.25) is 0 Å². The van der Waals surface area contributed by atoms with Crippen molar-refractivity contribution in [2.45, 2.75) is 46.7 Å². The van der Waals surface area contributed by atoms with Crippen molar-refractivity contribution in [2.24, 2.45) is 0 Å². The SMILES string of the molecule is Cc1ccc(CC(C)NC(=O)Cn2nc(C)c(N)c2C)s1. The smallest absolute Gasteiger partial charge is 0.241 e. The molecule has 114 valence electrons. The minimum absolute atomic E-state index is 0.0404. The van der Waals surface area contributed by atoms with Gasteiger partial charge in [0.15, 0.2) is 0 Å². The van der Waals surface area contributed by atoms with Gasteiger partial charge in [-0.2, -0.15) is 5.10 Å². The zero-order valence-electron chi connectivity index (χ0n) is 12.9. The maximum Gasteiger partial charge on any atom is 0.241 e. The normalized spacial score (nSPS) is 12.4. The Bertz CT molecular complexity index is 644. The average molecular weight is 306 g/mol. The molecular formula is C15H22N4OS. The zero-order valence-corrected chi connectivity index (χ0v) is 13.8. The Morgan fingerprint density at radius 3 is 2.67 bits per heavy atom. The maximum atomic E-state index is 12.1. The first-order valence-corrected chi connectivity index (χ1v) is 7.82. The number of nitrogens with one attached hydrogen (secondary N) is 1. The summed E-state index contributed by atoms with van der Waals surface area (Å²) < 4.78 is 1.65. The highest BCUT2D eigenvalue weighted by atomic mass is 32.1. The quantitative estimate of drug-likeness (QED) is 0.889. The van der Waals surface area contributed by atoms with Gasteiger partial charge in [-0.25, -0.2) is 0 Å². The number of aromatic nitrogens is 2. The Morgan fingerprint density at radius 1 is 1.43 bits per heavy atom. The number of nitrogen functional groups attached to an aromatic ring is 1. The predicted molar refractivity (Wildman–Crippen MR) is 86.5 cm³/mol. The van der Waals surface area contributed by atoms with Gasteiger partial charge in [-0.3, -0.25) is 9.48 Å². The molecule has 0 aliphatic heterocycles. The van der Waals surface area contributed by atoms with Gasteiger partial charge in [0.1, 0.15) is 6.54 Å². The average Bonchev–Trinajstić information content (AvgIpc) is 2.89. The molecule has 0 radical (unpaired) electrons. The number of nitrogens with two attached hydrogens (primary N) is 1. The maximum absolute atomic E-state index is 12.1. The van der Waals surface area contributed by atoms with E-state index in [9.17, 15) is 4.79 Å². The van der Waals surface area contributed by atoms with Gasteiger partial charge < -0.3 is 11.1 Å². The molecule has 6 heteroatoms. The Kier molecular flexibility index (Phi) is 4.67. The topological polar surface area (TPSA) is 72.9 Å². The summed E-state index contributed by atoms with van der Waals surface area (Å²) in [5, 5.41) is 7.29. The Hall–Kier alpha value is -1.82. The van der Waals surface area contributed by atoms with E-state index in [0.717, 1.165) is 17.8 Å². The lowest BCUT2D eigenvalue weighted by atomic mass is 10.2. The molecule has 2 rings (SSSR count). The lowest BCUT2D eigenvalue weighted by molar-refractivity contribution is -0.122. The number of aryl methyl sites for hydroxylation is 2. The lowest BCUT2D eigenvalue weighted by Crippen LogP contribution is -2.36. The van der Waals surface area contributed by atoms with Crippen molar-refractivity contribution >= 4 is 22.9 Å². The van der Waals surface area contributed by atoms with Gasteiger partial charge in [0.05, 0.1) is 17.1 Å². The molecule has 2 aromatic rings. The van der Waals surface area contributed by atoms with Crippen LogP contribution in [-0.4, -0.2) is 21.7 Å². The Labute approximate surface area is 129 Å². The molecule has 0 aliphatic rings. The highest BCUT2D eigenvalue weighted by molar-refractivity contribution is 7.11. The molecule has 5 nitrogen and oxygen atoms in total. The molecule has 1 atom stereocenters. The molecule has 0 saturated heterocycles. The first kappa shape index (κ1) is 15.6. The fourth-order valence-corrected chi connectivity index (χ4v) is 3.29. The van der Waals surface area contributed by atoms with Crippen LogP contribution in [0, 0.1) is 20.8 Å². The molecule has 0 aromatic carbocycles. The number of carbonyl (C=O) groups excluding carboxylic acids is 1. The molecule has 2 aromatic heterocycles. The molecule has 0 bridgehead atoms. The second-order valence-corrected chi connectivity index (χ2v) is 6.80. The van der Waals surface area contributed by atoms with Crippen LogP contribution in [0.1, 0.15) is 28.1 Å². The molecule has 3 N–H and O–H groups in total. The standard InChI is InChI=1S/C15H22N4OS/c1-9(7-13-6-5-10(2)21-13)17-14(20)8-19-12(4)15(16)11(3)18-19/h5-6,9H,7-8,16H2,1-4H3,(H,17,20). The minimum atomic E-state index is -0.0404. The molecule has 0 fully saturated rings. The molecule has 1 unspecified atom stereocenters. The van der Waals surface area contributed by atoms with E-state index in [0.29, 0.717) is 5.69 Å². The highest BCUT2D eigenvalue weighted by Crippen LogP contribution is 2.17. The molecule has 1 amide bonds. The summed E-state index contributed by atoms with van der Waals surface area (Å²) in [5.41, 5.74) is 8.13. The van der Waals surface area contributed by atoms with Crippen LogP contribution in [0.15, 0.2) is 12.1 Å². The summed E-state index contributed by atoms with van der Waals surface area (Å²) in [5.74, 6) is -0.0404. The van der Waals surface area contributed by atoms with Crippen molar-refractivity contribution in [1.82, 2.24) is 15.1 Å². The summed E-state index contributed by atoms with van der Waals surface area (Å²) in [6.45, 7) is 8.03. The number of anilines is 1. The lowest BCUT2D eigenvalue weighted by Gasteiger charge is -2.13. The van der Waals surface area contributed by atoms with Crippen LogP contribution < -0.4 is 11.1 Å². The van der Waals surface area contributed by atoms with Crippen LogP contribution >= 0.6 is 11.3 Å². The summed E-state index contributed by atoms with van der Waals surface area (Å²) in [7, 11) is 0.